The molecule has 0 fully saturated rings. The van der Waals surface area contributed by atoms with Crippen LogP contribution in [0.3, 0.4) is 0 Å². The van der Waals surface area contributed by atoms with Crippen LogP contribution in [0.25, 0.3) is 0 Å². The lowest BCUT2D eigenvalue weighted by Gasteiger charge is -2.25. The second kappa shape index (κ2) is 8.84. The lowest BCUT2D eigenvalue weighted by atomic mass is 10.0. The van der Waals surface area contributed by atoms with Gasteiger partial charge < -0.3 is 29.2 Å². The Morgan fingerprint density at radius 2 is 2.03 bits per heavy atom. The van der Waals surface area contributed by atoms with Gasteiger partial charge in [-0.05, 0) is 31.0 Å². The summed E-state index contributed by atoms with van der Waals surface area (Å²) in [5, 5.41) is 3.18. The smallest absolute Gasteiger partial charge is 0.409 e. The van der Waals surface area contributed by atoms with Gasteiger partial charge in [0.1, 0.15) is 11.6 Å². The number of thiophene rings is 1. The monoisotopic (exact) mass is 446 g/mol. The van der Waals surface area contributed by atoms with Crippen LogP contribution in [-0.4, -0.2) is 55.8 Å². The molecule has 1 aromatic carbocycles. The van der Waals surface area contributed by atoms with Crippen LogP contribution in [0.2, 0.25) is 0 Å². The van der Waals surface area contributed by atoms with Crippen molar-refractivity contribution in [1.82, 2.24) is 4.90 Å². The maximum absolute atomic E-state index is 12.9. The third-order valence-electron chi connectivity index (χ3n) is 5.01. The molecular formula is C21H22N2O7S. The van der Waals surface area contributed by atoms with Gasteiger partial charge in [-0.2, -0.15) is 0 Å². The van der Waals surface area contributed by atoms with E-state index in [-0.39, 0.29) is 13.2 Å². The largest absolute Gasteiger partial charge is 0.485 e. The zero-order chi connectivity index (χ0) is 22.0. The summed E-state index contributed by atoms with van der Waals surface area (Å²) in [4.78, 5) is 39.8. The average Bonchev–Trinajstić information content (AvgIpc) is 3.15. The van der Waals surface area contributed by atoms with Crippen molar-refractivity contribution in [3.63, 3.8) is 0 Å². The number of nitrogens with one attached hydrogen (secondary N) is 1. The van der Waals surface area contributed by atoms with Gasteiger partial charge in [0, 0.05) is 11.4 Å². The number of carbonyl (C=O) groups excluding carboxylic acids is 3. The van der Waals surface area contributed by atoms with Crippen LogP contribution >= 0.6 is 11.3 Å². The van der Waals surface area contributed by atoms with Crippen LogP contribution in [0, 0.1) is 0 Å². The maximum atomic E-state index is 12.9. The van der Waals surface area contributed by atoms with Gasteiger partial charge in [0.15, 0.2) is 11.5 Å². The number of esters is 1. The molecule has 2 aromatic rings. The summed E-state index contributed by atoms with van der Waals surface area (Å²) < 4.78 is 21.4. The molecule has 1 atom stereocenters. The molecule has 164 valence electrons. The third-order valence-corrected chi connectivity index (χ3v) is 6.14. The Balaban J connectivity index is 1.57. The number of hydrogen-bond acceptors (Lipinski definition) is 8. The fourth-order valence-electron chi connectivity index (χ4n) is 3.54. The topological polar surface area (TPSA) is 103 Å². The Bertz CT molecular complexity index is 1020. The molecule has 1 unspecified atom stereocenters. The van der Waals surface area contributed by atoms with Crippen molar-refractivity contribution in [3.8, 4) is 11.5 Å². The Hall–Kier alpha value is -3.27. The van der Waals surface area contributed by atoms with Gasteiger partial charge in [0.2, 0.25) is 6.10 Å². The van der Waals surface area contributed by atoms with Gasteiger partial charge in [0.25, 0.3) is 5.91 Å². The summed E-state index contributed by atoms with van der Waals surface area (Å²) in [5.41, 5.74) is 1.11. The van der Waals surface area contributed by atoms with Crippen molar-refractivity contribution in [3.05, 3.63) is 40.3 Å². The summed E-state index contributed by atoms with van der Waals surface area (Å²) in [5.74, 6) is 0.128. The molecule has 0 spiro atoms. The van der Waals surface area contributed by atoms with Crippen molar-refractivity contribution in [2.24, 2.45) is 0 Å². The van der Waals surface area contributed by atoms with E-state index in [4.69, 9.17) is 18.9 Å². The molecule has 0 radical (unpaired) electrons. The lowest BCUT2D eigenvalue weighted by Crippen LogP contribution is -2.40. The molecule has 0 aliphatic carbocycles. The zero-order valence-corrected chi connectivity index (χ0v) is 18.0. The molecule has 0 saturated carbocycles. The molecular weight excluding hydrogens is 424 g/mol. The van der Waals surface area contributed by atoms with E-state index in [1.807, 2.05) is 6.07 Å². The first-order chi connectivity index (χ1) is 15.0. The molecule has 4 rings (SSSR count). The van der Waals surface area contributed by atoms with Gasteiger partial charge in [-0.25, -0.2) is 9.59 Å². The second-order valence-corrected chi connectivity index (χ2v) is 8.03. The van der Waals surface area contributed by atoms with E-state index in [0.29, 0.717) is 41.6 Å². The summed E-state index contributed by atoms with van der Waals surface area (Å²) in [6, 6.07) is 7.11. The fourth-order valence-corrected chi connectivity index (χ4v) is 4.79. The highest BCUT2D eigenvalue weighted by Crippen LogP contribution is 2.38. The van der Waals surface area contributed by atoms with Gasteiger partial charge in [-0.1, -0.05) is 12.1 Å². The predicted octanol–water partition coefficient (Wildman–Crippen LogP) is 2.83. The lowest BCUT2D eigenvalue weighted by molar-refractivity contribution is -0.125. The number of nitrogens with zero attached hydrogens (tertiary/aromatic N) is 1. The Morgan fingerprint density at radius 3 is 2.77 bits per heavy atom. The summed E-state index contributed by atoms with van der Waals surface area (Å²) >= 11 is 1.25. The van der Waals surface area contributed by atoms with E-state index in [0.717, 1.165) is 10.4 Å². The number of benzene rings is 1. The summed E-state index contributed by atoms with van der Waals surface area (Å²) in [6.07, 6.45) is -0.842. The zero-order valence-electron chi connectivity index (χ0n) is 17.1. The summed E-state index contributed by atoms with van der Waals surface area (Å²) in [6.45, 7) is 2.69. The number of methoxy groups -OCH3 is 1. The predicted molar refractivity (Wildman–Crippen MR) is 112 cm³/mol. The second-order valence-electron chi connectivity index (χ2n) is 6.92. The van der Waals surface area contributed by atoms with Crippen molar-refractivity contribution in [2.75, 3.05) is 32.2 Å². The van der Waals surface area contributed by atoms with Crippen molar-refractivity contribution < 1.29 is 33.3 Å². The number of fused-ring (bicyclic) bond motifs is 2. The molecule has 2 aliphatic rings. The van der Waals surface area contributed by atoms with Crippen LogP contribution in [0.1, 0.15) is 27.7 Å². The number of amides is 2. The van der Waals surface area contributed by atoms with Crippen molar-refractivity contribution >= 4 is 34.3 Å². The van der Waals surface area contributed by atoms with Gasteiger partial charge in [-0.15, -0.1) is 11.3 Å². The Labute approximate surface area is 182 Å². The SMILES string of the molecule is CCOC(=O)c1c(NC(=O)C2COc3ccccc3O2)sc2c1CCN(C(=O)OC)C2. The van der Waals surface area contributed by atoms with Gasteiger partial charge >= 0.3 is 12.1 Å². The number of hydrogen-bond donors (Lipinski definition) is 1. The molecule has 1 N–H and O–H groups in total. The molecule has 2 amide bonds. The van der Waals surface area contributed by atoms with Crippen LogP contribution in [-0.2, 0) is 27.2 Å². The van der Waals surface area contributed by atoms with E-state index >= 15 is 0 Å². The maximum Gasteiger partial charge on any atom is 0.409 e. The molecule has 31 heavy (non-hydrogen) atoms. The molecule has 0 bridgehead atoms. The number of ether oxygens (including phenoxy) is 4. The molecule has 2 aliphatic heterocycles. The first-order valence-corrected chi connectivity index (χ1v) is 10.7. The van der Waals surface area contributed by atoms with Crippen LogP contribution in [0.4, 0.5) is 9.80 Å². The average molecular weight is 446 g/mol. The van der Waals surface area contributed by atoms with E-state index in [1.54, 1.807) is 30.0 Å². The molecule has 10 heteroatoms. The highest BCUT2D eigenvalue weighted by molar-refractivity contribution is 7.17. The van der Waals surface area contributed by atoms with E-state index < -0.39 is 24.1 Å². The Kier molecular flexibility index (Phi) is 5.99. The number of rotatable bonds is 4. The molecule has 0 saturated heterocycles. The highest BCUT2D eigenvalue weighted by Gasteiger charge is 2.33. The first-order valence-electron chi connectivity index (χ1n) is 9.85. The molecule has 1 aromatic heterocycles. The molecule has 9 nitrogen and oxygen atoms in total. The minimum Gasteiger partial charge on any atom is -0.485 e. The Morgan fingerprint density at radius 1 is 1.26 bits per heavy atom. The molecule has 3 heterocycles. The van der Waals surface area contributed by atoms with Crippen LogP contribution in [0.5, 0.6) is 11.5 Å². The minimum absolute atomic E-state index is 0.0544. The van der Waals surface area contributed by atoms with Gasteiger partial charge in [-0.3, -0.25) is 4.79 Å². The van der Waals surface area contributed by atoms with E-state index in [9.17, 15) is 14.4 Å². The van der Waals surface area contributed by atoms with Crippen LogP contribution < -0.4 is 14.8 Å². The normalized spacial score (nSPS) is 16.8. The highest BCUT2D eigenvalue weighted by atomic mass is 32.1. The minimum atomic E-state index is -0.865. The number of anilines is 1. The van der Waals surface area contributed by atoms with Gasteiger partial charge in [0.05, 0.1) is 25.8 Å². The number of para-hydroxylation sites is 2. The van der Waals surface area contributed by atoms with Crippen molar-refractivity contribution in [2.45, 2.75) is 26.0 Å². The van der Waals surface area contributed by atoms with Crippen LogP contribution in [0.15, 0.2) is 24.3 Å². The standard InChI is InChI=1S/C21H22N2O7S/c1-3-28-20(25)17-12-8-9-23(21(26)27-2)10-16(12)31-19(17)22-18(24)15-11-29-13-6-4-5-7-14(13)30-15/h4-7,15H,3,8-11H2,1-2H3,(H,22,24). The quantitative estimate of drug-likeness (QED) is 0.721. The third kappa shape index (κ3) is 4.15. The first kappa shape index (κ1) is 21.0. The van der Waals surface area contributed by atoms with E-state index in [1.165, 1.54) is 18.4 Å². The van der Waals surface area contributed by atoms with E-state index in [2.05, 4.69) is 5.32 Å². The summed E-state index contributed by atoms with van der Waals surface area (Å²) in [7, 11) is 1.33. The van der Waals surface area contributed by atoms with Crippen molar-refractivity contribution in [1.29, 1.82) is 0 Å². The fraction of sp³-hybridized carbons (Fsp3) is 0.381. The number of carbonyl (C=O) groups is 3.